The Hall–Kier alpha value is -2.73. The molecule has 1 aliphatic heterocycles. The summed E-state index contributed by atoms with van der Waals surface area (Å²) in [6.07, 6.45) is 9.09. The minimum Gasteiger partial charge on any atom is -0.497 e. The lowest BCUT2D eigenvalue weighted by Crippen LogP contribution is -2.43. The third-order valence-electron chi connectivity index (χ3n) is 5.76. The molecule has 148 valence electrons. The van der Waals surface area contributed by atoms with Gasteiger partial charge in [0.15, 0.2) is 0 Å². The maximum absolute atomic E-state index is 12.7. The fourth-order valence-electron chi connectivity index (χ4n) is 4.12. The fraction of sp³-hybridized carbons (Fsp3) is 0.409. The molecular weight excluding hydrogens is 354 g/mol. The van der Waals surface area contributed by atoms with Crippen molar-refractivity contribution in [2.24, 2.45) is 0 Å². The van der Waals surface area contributed by atoms with Crippen molar-refractivity contribution in [1.82, 2.24) is 14.9 Å². The standard InChI is InChI=1S/C22H27N3O3/c1-27-18-4-5-20-19(14-18)17(16-24-20)6-9-23-21(26)15-22(7-12-28-13-8-22)25-10-2-3-11-25/h2-5,10-11,14,16,24H,6-9,12-13,15H2,1H3,(H,23,26). The molecule has 6 nitrogen and oxygen atoms in total. The molecule has 0 bridgehead atoms. The smallest absolute Gasteiger partial charge is 0.222 e. The van der Waals surface area contributed by atoms with E-state index in [0.29, 0.717) is 26.2 Å². The number of methoxy groups -OCH3 is 1. The van der Waals surface area contributed by atoms with E-state index in [1.165, 1.54) is 5.56 Å². The molecule has 0 unspecified atom stereocenters. The predicted octanol–water partition coefficient (Wildman–Crippen LogP) is 3.23. The van der Waals surface area contributed by atoms with Gasteiger partial charge in [-0.05, 0) is 55.2 Å². The van der Waals surface area contributed by atoms with Gasteiger partial charge in [-0.25, -0.2) is 0 Å². The molecule has 1 amide bonds. The van der Waals surface area contributed by atoms with Crippen LogP contribution in [0.3, 0.4) is 0 Å². The summed E-state index contributed by atoms with van der Waals surface area (Å²) in [6, 6.07) is 10.0. The SMILES string of the molecule is COc1ccc2[nH]cc(CCNC(=O)CC3(n4cccc4)CCOCC3)c2c1. The van der Waals surface area contributed by atoms with Crippen LogP contribution in [-0.2, 0) is 21.5 Å². The Labute approximate surface area is 164 Å². The second-order valence-corrected chi connectivity index (χ2v) is 7.43. The van der Waals surface area contributed by atoms with E-state index in [-0.39, 0.29) is 11.4 Å². The maximum atomic E-state index is 12.7. The van der Waals surface area contributed by atoms with Crippen LogP contribution in [0.1, 0.15) is 24.8 Å². The first-order valence-corrected chi connectivity index (χ1v) is 9.82. The molecule has 0 saturated carbocycles. The predicted molar refractivity (Wildman–Crippen MR) is 109 cm³/mol. The number of carbonyl (C=O) groups excluding carboxylic acids is 1. The van der Waals surface area contributed by atoms with E-state index < -0.39 is 0 Å². The number of aromatic nitrogens is 2. The Morgan fingerprint density at radius 1 is 1.29 bits per heavy atom. The van der Waals surface area contributed by atoms with E-state index in [1.54, 1.807) is 7.11 Å². The van der Waals surface area contributed by atoms with Gasteiger partial charge in [-0.15, -0.1) is 0 Å². The first kappa shape index (κ1) is 18.6. The molecule has 28 heavy (non-hydrogen) atoms. The molecule has 3 aromatic rings. The van der Waals surface area contributed by atoms with Crippen LogP contribution in [0.5, 0.6) is 5.75 Å². The number of nitrogens with one attached hydrogen (secondary N) is 2. The zero-order chi connectivity index (χ0) is 19.4. The molecular formula is C22H27N3O3. The number of carbonyl (C=O) groups is 1. The van der Waals surface area contributed by atoms with Crippen molar-refractivity contribution in [1.29, 1.82) is 0 Å². The Bertz CT molecular complexity index is 924. The van der Waals surface area contributed by atoms with Crippen LogP contribution < -0.4 is 10.1 Å². The second-order valence-electron chi connectivity index (χ2n) is 7.43. The molecule has 1 aromatic carbocycles. The average Bonchev–Trinajstić information content (AvgIpc) is 3.39. The highest BCUT2D eigenvalue weighted by atomic mass is 16.5. The van der Waals surface area contributed by atoms with Crippen molar-refractivity contribution in [2.45, 2.75) is 31.2 Å². The fourth-order valence-corrected chi connectivity index (χ4v) is 4.12. The summed E-state index contributed by atoms with van der Waals surface area (Å²) < 4.78 is 13.0. The maximum Gasteiger partial charge on any atom is 0.222 e. The van der Waals surface area contributed by atoms with Gasteiger partial charge >= 0.3 is 0 Å². The van der Waals surface area contributed by atoms with Gasteiger partial charge in [0.2, 0.25) is 5.91 Å². The number of benzene rings is 1. The number of H-pyrrole nitrogens is 1. The van der Waals surface area contributed by atoms with Crippen molar-refractivity contribution in [3.05, 3.63) is 54.5 Å². The lowest BCUT2D eigenvalue weighted by Gasteiger charge is -2.38. The number of hydrogen-bond donors (Lipinski definition) is 2. The molecule has 1 aliphatic rings. The zero-order valence-electron chi connectivity index (χ0n) is 16.2. The van der Waals surface area contributed by atoms with Crippen LogP contribution in [0.25, 0.3) is 10.9 Å². The Kier molecular flexibility index (Phi) is 5.39. The molecule has 0 aliphatic carbocycles. The van der Waals surface area contributed by atoms with Crippen LogP contribution in [-0.4, -0.2) is 42.3 Å². The molecule has 0 radical (unpaired) electrons. The first-order chi connectivity index (χ1) is 13.7. The van der Waals surface area contributed by atoms with Gasteiger partial charge in [0, 0.05) is 49.3 Å². The largest absolute Gasteiger partial charge is 0.497 e. The van der Waals surface area contributed by atoms with Gasteiger partial charge in [0.1, 0.15) is 5.75 Å². The summed E-state index contributed by atoms with van der Waals surface area (Å²) in [6.45, 7) is 2.01. The van der Waals surface area contributed by atoms with E-state index in [1.807, 2.05) is 36.5 Å². The Morgan fingerprint density at radius 2 is 2.07 bits per heavy atom. The van der Waals surface area contributed by atoms with E-state index in [0.717, 1.165) is 35.9 Å². The van der Waals surface area contributed by atoms with Crippen LogP contribution >= 0.6 is 0 Å². The molecule has 1 fully saturated rings. The highest BCUT2D eigenvalue weighted by Gasteiger charge is 2.35. The molecule has 2 aromatic heterocycles. The lowest BCUT2D eigenvalue weighted by molar-refractivity contribution is -0.124. The molecule has 6 heteroatoms. The summed E-state index contributed by atoms with van der Waals surface area (Å²) >= 11 is 0. The van der Waals surface area contributed by atoms with Gasteiger partial charge < -0.3 is 24.3 Å². The van der Waals surface area contributed by atoms with Crippen LogP contribution in [0.4, 0.5) is 0 Å². The minimum atomic E-state index is -0.181. The summed E-state index contributed by atoms with van der Waals surface area (Å²) in [5, 5.41) is 4.25. The minimum absolute atomic E-state index is 0.0908. The number of amides is 1. The van der Waals surface area contributed by atoms with Crippen molar-refractivity contribution >= 4 is 16.8 Å². The molecule has 0 atom stereocenters. The van der Waals surface area contributed by atoms with Gasteiger partial charge in [-0.3, -0.25) is 4.79 Å². The van der Waals surface area contributed by atoms with Crippen LogP contribution in [0.2, 0.25) is 0 Å². The highest BCUT2D eigenvalue weighted by molar-refractivity contribution is 5.84. The van der Waals surface area contributed by atoms with Crippen molar-refractivity contribution in [3.8, 4) is 5.75 Å². The third kappa shape index (κ3) is 3.78. The van der Waals surface area contributed by atoms with Gasteiger partial charge in [-0.2, -0.15) is 0 Å². The molecule has 3 heterocycles. The summed E-state index contributed by atoms with van der Waals surface area (Å²) in [7, 11) is 1.67. The molecule has 1 saturated heterocycles. The molecule has 0 spiro atoms. The number of aromatic amines is 1. The summed E-state index contributed by atoms with van der Waals surface area (Å²) in [5.41, 5.74) is 2.08. The number of hydrogen-bond acceptors (Lipinski definition) is 3. The lowest BCUT2D eigenvalue weighted by atomic mass is 9.86. The number of fused-ring (bicyclic) bond motifs is 1. The third-order valence-corrected chi connectivity index (χ3v) is 5.76. The number of ether oxygens (including phenoxy) is 2. The normalized spacial score (nSPS) is 16.2. The number of nitrogens with zero attached hydrogens (tertiary/aromatic N) is 1. The van der Waals surface area contributed by atoms with Crippen molar-refractivity contribution < 1.29 is 14.3 Å². The number of rotatable bonds is 7. The van der Waals surface area contributed by atoms with Crippen molar-refractivity contribution in [2.75, 3.05) is 26.9 Å². The molecule has 2 N–H and O–H groups in total. The van der Waals surface area contributed by atoms with E-state index in [2.05, 4.69) is 27.3 Å². The van der Waals surface area contributed by atoms with Crippen molar-refractivity contribution in [3.63, 3.8) is 0 Å². The topological polar surface area (TPSA) is 68.3 Å². The van der Waals surface area contributed by atoms with E-state index in [4.69, 9.17) is 9.47 Å². The Morgan fingerprint density at radius 3 is 2.82 bits per heavy atom. The monoisotopic (exact) mass is 381 g/mol. The van der Waals surface area contributed by atoms with Crippen LogP contribution in [0.15, 0.2) is 48.9 Å². The van der Waals surface area contributed by atoms with E-state index in [9.17, 15) is 4.79 Å². The van der Waals surface area contributed by atoms with Gasteiger partial charge in [0.05, 0.1) is 19.1 Å². The van der Waals surface area contributed by atoms with Gasteiger partial charge in [-0.1, -0.05) is 0 Å². The average molecular weight is 381 g/mol. The second kappa shape index (κ2) is 8.10. The highest BCUT2D eigenvalue weighted by Crippen LogP contribution is 2.33. The Balaban J connectivity index is 1.38. The summed E-state index contributed by atoms with van der Waals surface area (Å²) in [4.78, 5) is 16.0. The first-order valence-electron chi connectivity index (χ1n) is 9.82. The zero-order valence-corrected chi connectivity index (χ0v) is 16.2. The summed E-state index contributed by atoms with van der Waals surface area (Å²) in [5.74, 6) is 0.929. The quantitative estimate of drug-likeness (QED) is 0.660. The molecule has 4 rings (SSSR count). The van der Waals surface area contributed by atoms with Gasteiger partial charge in [0.25, 0.3) is 0 Å². The van der Waals surface area contributed by atoms with Crippen LogP contribution in [0, 0.1) is 0 Å². The van der Waals surface area contributed by atoms with E-state index >= 15 is 0 Å².